The molecule has 3 aromatic rings. The minimum atomic E-state index is -3.90. The van der Waals surface area contributed by atoms with Crippen molar-refractivity contribution in [2.24, 2.45) is 10.9 Å². The smallest absolute Gasteiger partial charge is 0.253 e. The summed E-state index contributed by atoms with van der Waals surface area (Å²) in [4.78, 5) is 14.0. The van der Waals surface area contributed by atoms with Gasteiger partial charge in [-0.2, -0.15) is 0 Å². The van der Waals surface area contributed by atoms with Gasteiger partial charge in [-0.05, 0) is 48.9 Å². The Hall–Kier alpha value is -3.01. The Morgan fingerprint density at radius 2 is 1.90 bits per heavy atom. The number of sulfonamides is 1. The van der Waals surface area contributed by atoms with Crippen molar-refractivity contribution in [3.63, 3.8) is 0 Å². The van der Waals surface area contributed by atoms with Crippen LogP contribution in [0.25, 0.3) is 22.0 Å². The minimum absolute atomic E-state index is 0.0277. The zero-order valence-corrected chi connectivity index (χ0v) is 18.4. The van der Waals surface area contributed by atoms with Crippen LogP contribution in [0.2, 0.25) is 0 Å². The van der Waals surface area contributed by atoms with E-state index in [1.807, 2.05) is 6.92 Å². The molecule has 1 heterocycles. The summed E-state index contributed by atoms with van der Waals surface area (Å²) in [7, 11) is -0.584. The van der Waals surface area contributed by atoms with E-state index in [4.69, 9.17) is 10.9 Å². The second-order valence-electron chi connectivity index (χ2n) is 7.44. The molecule has 0 aliphatic heterocycles. The Kier molecular flexibility index (Phi) is 6.30. The van der Waals surface area contributed by atoms with E-state index in [0.29, 0.717) is 27.6 Å². The number of primary sulfonamides is 1. The highest BCUT2D eigenvalue weighted by Gasteiger charge is 2.20. The third-order valence-corrected chi connectivity index (χ3v) is 5.99. The van der Waals surface area contributed by atoms with Gasteiger partial charge in [0, 0.05) is 48.4 Å². The van der Waals surface area contributed by atoms with Crippen molar-refractivity contribution in [3.8, 4) is 11.1 Å². The summed E-state index contributed by atoms with van der Waals surface area (Å²) in [6.45, 7) is 1.87. The van der Waals surface area contributed by atoms with Gasteiger partial charge in [-0.1, -0.05) is 12.1 Å². The first-order valence-corrected chi connectivity index (χ1v) is 11.1. The molecular formula is C22H25FN4O3S. The van der Waals surface area contributed by atoms with Crippen LogP contribution in [0.3, 0.4) is 0 Å². The van der Waals surface area contributed by atoms with Gasteiger partial charge in [-0.25, -0.2) is 17.9 Å². The molecule has 0 fully saturated rings. The van der Waals surface area contributed by atoms with E-state index in [2.05, 4.69) is 0 Å². The van der Waals surface area contributed by atoms with Crippen molar-refractivity contribution in [2.45, 2.75) is 18.4 Å². The van der Waals surface area contributed by atoms with E-state index in [9.17, 15) is 17.6 Å². The minimum Gasteiger partial charge on any atom is -0.345 e. The molecule has 1 amide bonds. The second-order valence-corrected chi connectivity index (χ2v) is 9.00. The van der Waals surface area contributed by atoms with E-state index >= 15 is 0 Å². The number of nitrogens with two attached hydrogens (primary N) is 2. The van der Waals surface area contributed by atoms with Gasteiger partial charge in [-0.15, -0.1) is 0 Å². The average Bonchev–Trinajstić information content (AvgIpc) is 2.97. The molecule has 0 saturated heterocycles. The summed E-state index contributed by atoms with van der Waals surface area (Å²) in [5.41, 5.74) is 8.64. The molecule has 0 saturated carbocycles. The third kappa shape index (κ3) is 4.53. The van der Waals surface area contributed by atoms with Gasteiger partial charge in [0.05, 0.1) is 11.4 Å². The third-order valence-electron chi connectivity index (χ3n) is 5.08. The van der Waals surface area contributed by atoms with E-state index in [1.165, 1.54) is 23.1 Å². The maximum atomic E-state index is 14.3. The molecule has 0 radical (unpaired) electrons. The number of hydrogen-bond donors (Lipinski definition) is 2. The summed E-state index contributed by atoms with van der Waals surface area (Å²) in [6.07, 6.45) is 1.30. The Morgan fingerprint density at radius 1 is 1.19 bits per heavy atom. The van der Waals surface area contributed by atoms with Crippen LogP contribution in [0.4, 0.5) is 4.39 Å². The molecule has 0 bridgehead atoms. The van der Waals surface area contributed by atoms with Crippen molar-refractivity contribution in [3.05, 3.63) is 65.6 Å². The van der Waals surface area contributed by atoms with Crippen LogP contribution in [0.5, 0.6) is 0 Å². The zero-order valence-electron chi connectivity index (χ0n) is 17.6. The van der Waals surface area contributed by atoms with Crippen LogP contribution in [-0.4, -0.2) is 44.4 Å². The summed E-state index contributed by atoms with van der Waals surface area (Å²) >= 11 is 0. The van der Waals surface area contributed by atoms with Gasteiger partial charge >= 0.3 is 0 Å². The molecule has 0 aliphatic carbocycles. The normalized spacial score (nSPS) is 12.4. The topological polar surface area (TPSA) is 111 Å². The first kappa shape index (κ1) is 22.7. The predicted molar refractivity (Wildman–Crippen MR) is 120 cm³/mol. The molecule has 31 heavy (non-hydrogen) atoms. The first-order valence-electron chi connectivity index (χ1n) is 9.57. The largest absolute Gasteiger partial charge is 0.345 e. The quantitative estimate of drug-likeness (QED) is 0.609. The Morgan fingerprint density at radius 3 is 2.52 bits per heavy atom. The average molecular weight is 445 g/mol. The van der Waals surface area contributed by atoms with Gasteiger partial charge in [0.25, 0.3) is 5.91 Å². The van der Waals surface area contributed by atoms with Crippen molar-refractivity contribution in [1.82, 2.24) is 9.47 Å². The number of carbonyl (C=O) groups excluding carboxylic acids is 1. The molecule has 0 unspecified atom stereocenters. The number of halogens is 1. The molecule has 0 spiro atoms. The number of amides is 1. The summed E-state index contributed by atoms with van der Waals surface area (Å²) in [6, 6.07) is 11.4. The Bertz CT molecular complexity index is 1290. The fraction of sp³-hybridized carbons (Fsp3) is 0.227. The van der Waals surface area contributed by atoms with Crippen LogP contribution in [0, 0.1) is 6.92 Å². The van der Waals surface area contributed by atoms with E-state index in [1.54, 1.807) is 49.0 Å². The zero-order chi connectivity index (χ0) is 22.9. The Labute approximate surface area is 180 Å². The lowest BCUT2D eigenvalue weighted by atomic mass is 10.0. The van der Waals surface area contributed by atoms with Gasteiger partial charge in [0.1, 0.15) is 5.83 Å². The molecule has 164 valence electrons. The molecule has 4 N–H and O–H groups in total. The highest BCUT2D eigenvalue weighted by atomic mass is 32.2. The molecule has 0 aliphatic rings. The number of hydrogen-bond acceptors (Lipinski definition) is 4. The van der Waals surface area contributed by atoms with Gasteiger partial charge in [-0.3, -0.25) is 4.79 Å². The standard InChI is InChI=1S/C22H25FN4O3S/c1-14-21(15-5-4-6-18(11-15)31(25,29)30)19-12-16(22(28)26(2)3)7-8-20(19)27(14)13-17(23)9-10-24/h4-9,11-12H,10,13,24H2,1-3H3,(H2,25,29,30)/b17-9-. The Balaban J connectivity index is 2.33. The van der Waals surface area contributed by atoms with Crippen LogP contribution in [0.1, 0.15) is 16.1 Å². The number of carbonyl (C=O) groups is 1. The molecule has 7 nitrogen and oxygen atoms in total. The van der Waals surface area contributed by atoms with Crippen molar-refractivity contribution in [1.29, 1.82) is 0 Å². The fourth-order valence-corrected chi connectivity index (χ4v) is 4.17. The highest BCUT2D eigenvalue weighted by molar-refractivity contribution is 7.89. The number of benzene rings is 2. The lowest BCUT2D eigenvalue weighted by molar-refractivity contribution is 0.0827. The molecule has 2 aromatic carbocycles. The summed E-state index contributed by atoms with van der Waals surface area (Å²) in [5.74, 6) is -0.563. The molecule has 3 rings (SSSR count). The number of aromatic nitrogens is 1. The maximum absolute atomic E-state index is 14.3. The van der Waals surface area contributed by atoms with E-state index < -0.39 is 10.0 Å². The lowest BCUT2D eigenvalue weighted by Crippen LogP contribution is -2.21. The summed E-state index contributed by atoms with van der Waals surface area (Å²) in [5, 5.41) is 6.01. The highest BCUT2D eigenvalue weighted by Crippen LogP contribution is 2.36. The van der Waals surface area contributed by atoms with E-state index in [-0.39, 0.29) is 29.7 Å². The second kappa shape index (κ2) is 8.62. The van der Waals surface area contributed by atoms with Crippen molar-refractivity contribution < 1.29 is 17.6 Å². The number of nitrogens with zero attached hydrogens (tertiary/aromatic N) is 2. The first-order chi connectivity index (χ1) is 14.5. The molecule has 1 aromatic heterocycles. The molecule has 0 atom stereocenters. The fourth-order valence-electron chi connectivity index (χ4n) is 3.61. The summed E-state index contributed by atoms with van der Waals surface area (Å²) < 4.78 is 39.8. The number of rotatable bonds is 6. The van der Waals surface area contributed by atoms with Crippen LogP contribution in [0.15, 0.2) is 59.3 Å². The lowest BCUT2D eigenvalue weighted by Gasteiger charge is -2.11. The maximum Gasteiger partial charge on any atom is 0.253 e. The molecule has 9 heteroatoms. The van der Waals surface area contributed by atoms with Crippen LogP contribution in [-0.2, 0) is 16.6 Å². The van der Waals surface area contributed by atoms with Gasteiger partial charge in [0.2, 0.25) is 10.0 Å². The van der Waals surface area contributed by atoms with Crippen LogP contribution >= 0.6 is 0 Å². The van der Waals surface area contributed by atoms with Crippen molar-refractivity contribution in [2.75, 3.05) is 20.6 Å². The molecular weight excluding hydrogens is 419 g/mol. The van der Waals surface area contributed by atoms with Crippen molar-refractivity contribution >= 4 is 26.8 Å². The predicted octanol–water partition coefficient (Wildman–Crippen LogP) is 2.78. The number of fused-ring (bicyclic) bond motifs is 1. The van der Waals surface area contributed by atoms with Gasteiger partial charge < -0.3 is 15.2 Å². The SMILES string of the molecule is Cc1c(-c2cccc(S(N)(=O)=O)c2)c2cc(C(=O)N(C)C)ccc2n1C/C(F)=C/CN. The number of allylic oxidation sites excluding steroid dienone is 1. The van der Waals surface area contributed by atoms with E-state index in [0.717, 1.165) is 5.69 Å². The van der Waals surface area contributed by atoms with Crippen LogP contribution < -0.4 is 10.9 Å². The van der Waals surface area contributed by atoms with Gasteiger partial charge in [0.15, 0.2) is 0 Å². The monoisotopic (exact) mass is 444 g/mol.